The molecule has 1 aliphatic carbocycles. The lowest BCUT2D eigenvalue weighted by Crippen LogP contribution is -2.34. The van der Waals surface area contributed by atoms with Gasteiger partial charge in [0.25, 0.3) is 0 Å². The minimum atomic E-state index is -1.04. The Kier molecular flexibility index (Phi) is 13.4. The first-order valence-corrected chi connectivity index (χ1v) is 16.8. The molecule has 5 rings (SSSR count). The lowest BCUT2D eigenvalue weighted by atomic mass is 9.95. The van der Waals surface area contributed by atoms with Crippen molar-refractivity contribution >= 4 is 63.4 Å². The summed E-state index contributed by atoms with van der Waals surface area (Å²) in [6.45, 7) is 4.48. The monoisotopic (exact) mass is 685 g/mol. The number of rotatable bonds is 12. The summed E-state index contributed by atoms with van der Waals surface area (Å²) in [6.07, 6.45) is 2.37. The predicted octanol–water partition coefficient (Wildman–Crippen LogP) is 9.33. The van der Waals surface area contributed by atoms with E-state index in [1.807, 2.05) is 56.3 Å². The summed E-state index contributed by atoms with van der Waals surface area (Å²) in [5.74, 6) is 0.872. The minimum Gasteiger partial charge on any atom is -0.479 e. The van der Waals surface area contributed by atoms with E-state index >= 15 is 0 Å². The number of benzene rings is 1. The average molecular weight is 687 g/mol. The second kappa shape index (κ2) is 16.9. The van der Waals surface area contributed by atoms with Crippen LogP contribution < -0.4 is 0 Å². The van der Waals surface area contributed by atoms with Crippen molar-refractivity contribution in [1.29, 1.82) is 0 Å². The molecule has 232 valence electrons. The largest absolute Gasteiger partial charge is 0.479 e. The smallest absolute Gasteiger partial charge is 0.335 e. The number of carboxylic acids is 1. The number of hydrogen-bond donors (Lipinski definition) is 1. The standard InChI is InChI=1S/C26H30ClNO6S.C5H4Cl2S/c1-16-5-3-6-18(11-16)25-28-22(17(2)34-25)14-31-19-7-4-8-20(12-19)32-15-23(26(29)30)33-13-21-9-10-24(27)35-21;6-3-4-1-2-5(7)8-4/h3,5-6,9-11,19-20,23H,4,7-8,12-15H2,1-2H3,(H,29,30);1-2H,3H2/t19-,20+,23?;/m0./s1. The maximum Gasteiger partial charge on any atom is 0.335 e. The second-order valence-electron chi connectivity index (χ2n) is 10.1. The molecule has 0 aliphatic heterocycles. The maximum absolute atomic E-state index is 11.6. The van der Waals surface area contributed by atoms with E-state index in [-0.39, 0.29) is 25.4 Å². The average Bonchev–Trinajstić information content (AvgIpc) is 3.71. The first-order valence-electron chi connectivity index (χ1n) is 13.9. The molecule has 0 radical (unpaired) electrons. The number of thiophene rings is 2. The number of nitrogens with zero attached hydrogens (tertiary/aromatic N) is 1. The highest BCUT2D eigenvalue weighted by molar-refractivity contribution is 7.16. The third-order valence-electron chi connectivity index (χ3n) is 6.77. The number of ether oxygens (including phenoxy) is 3. The van der Waals surface area contributed by atoms with Crippen molar-refractivity contribution in [2.24, 2.45) is 0 Å². The molecule has 1 N–H and O–H groups in total. The van der Waals surface area contributed by atoms with E-state index in [9.17, 15) is 9.90 Å². The molecule has 3 atom stereocenters. The number of oxazole rings is 1. The predicted molar refractivity (Wildman–Crippen MR) is 173 cm³/mol. The molecule has 1 fully saturated rings. The Morgan fingerprint density at radius 2 is 1.72 bits per heavy atom. The van der Waals surface area contributed by atoms with Gasteiger partial charge in [-0.15, -0.1) is 34.3 Å². The number of aryl methyl sites for hydroxylation is 2. The molecule has 3 aromatic heterocycles. The lowest BCUT2D eigenvalue weighted by molar-refractivity contribution is -0.159. The Bertz CT molecular complexity index is 1450. The fourth-order valence-corrected chi connectivity index (χ4v) is 6.72. The SMILES string of the molecule is Cc1cccc(-c2nc(CO[C@H]3CCC[C@@H](OCC(OCc4ccc(Cl)s4)C(=O)O)C3)c(C)o2)c1.ClCc1ccc(Cl)s1. The summed E-state index contributed by atoms with van der Waals surface area (Å²) in [5.41, 5.74) is 2.89. The molecule has 0 saturated heterocycles. The van der Waals surface area contributed by atoms with Crippen LogP contribution in [-0.4, -0.2) is 41.0 Å². The highest BCUT2D eigenvalue weighted by atomic mass is 35.5. The van der Waals surface area contributed by atoms with Crippen LogP contribution in [0.1, 0.15) is 52.5 Å². The normalized spacial score (nSPS) is 17.3. The van der Waals surface area contributed by atoms with Crippen molar-refractivity contribution in [2.75, 3.05) is 6.61 Å². The van der Waals surface area contributed by atoms with E-state index in [0.717, 1.165) is 55.9 Å². The summed E-state index contributed by atoms with van der Waals surface area (Å²) in [5, 5.41) is 9.51. The highest BCUT2D eigenvalue weighted by Crippen LogP contribution is 2.28. The maximum atomic E-state index is 11.6. The van der Waals surface area contributed by atoms with Crippen molar-refractivity contribution in [3.8, 4) is 11.5 Å². The summed E-state index contributed by atoms with van der Waals surface area (Å²) in [6, 6.07) is 15.4. The van der Waals surface area contributed by atoms with Crippen molar-refractivity contribution in [2.45, 2.75) is 76.9 Å². The number of aliphatic carboxylic acids is 1. The van der Waals surface area contributed by atoms with Gasteiger partial charge in [0, 0.05) is 15.3 Å². The molecule has 3 heterocycles. The van der Waals surface area contributed by atoms with Crippen LogP contribution in [0, 0.1) is 13.8 Å². The summed E-state index contributed by atoms with van der Waals surface area (Å²) in [4.78, 5) is 18.2. The van der Waals surface area contributed by atoms with E-state index in [1.54, 1.807) is 6.07 Å². The van der Waals surface area contributed by atoms with Gasteiger partial charge in [-0.2, -0.15) is 0 Å². The van der Waals surface area contributed by atoms with Crippen LogP contribution in [-0.2, 0) is 38.1 Å². The van der Waals surface area contributed by atoms with Crippen molar-refractivity contribution in [1.82, 2.24) is 4.98 Å². The summed E-state index contributed by atoms with van der Waals surface area (Å²) >= 11 is 19.9. The second-order valence-corrected chi connectivity index (χ2v) is 14.0. The minimum absolute atomic E-state index is 0.00588. The summed E-state index contributed by atoms with van der Waals surface area (Å²) in [7, 11) is 0. The Morgan fingerprint density at radius 3 is 2.33 bits per heavy atom. The fourth-order valence-electron chi connectivity index (χ4n) is 4.51. The molecule has 4 aromatic rings. The van der Waals surface area contributed by atoms with Crippen LogP contribution in [0.4, 0.5) is 0 Å². The third kappa shape index (κ3) is 10.9. The number of alkyl halides is 1. The fraction of sp³-hybridized carbons (Fsp3) is 0.419. The van der Waals surface area contributed by atoms with Crippen LogP contribution >= 0.6 is 57.5 Å². The number of carbonyl (C=O) groups is 1. The van der Waals surface area contributed by atoms with Crippen LogP contribution in [0.5, 0.6) is 0 Å². The molecular weight excluding hydrogens is 653 g/mol. The molecule has 1 aromatic carbocycles. The van der Waals surface area contributed by atoms with Gasteiger partial charge in [-0.25, -0.2) is 9.78 Å². The Hall–Kier alpha value is -1.95. The molecule has 1 aliphatic rings. The number of aromatic nitrogens is 1. The molecule has 43 heavy (non-hydrogen) atoms. The van der Waals surface area contributed by atoms with Gasteiger partial charge in [-0.3, -0.25) is 0 Å². The quantitative estimate of drug-likeness (QED) is 0.149. The molecular formula is C31H34Cl3NO6S2. The molecule has 0 amide bonds. The first-order chi connectivity index (χ1) is 20.7. The van der Waals surface area contributed by atoms with Crippen molar-refractivity contribution in [3.05, 3.63) is 84.0 Å². The van der Waals surface area contributed by atoms with Gasteiger partial charge in [0.1, 0.15) is 11.5 Å². The van der Waals surface area contributed by atoms with Gasteiger partial charge in [0.15, 0.2) is 6.10 Å². The van der Waals surface area contributed by atoms with E-state index in [0.29, 0.717) is 29.1 Å². The van der Waals surface area contributed by atoms with Gasteiger partial charge >= 0.3 is 5.97 Å². The zero-order chi connectivity index (χ0) is 30.8. The Morgan fingerprint density at radius 1 is 1.02 bits per heavy atom. The number of halogens is 3. The summed E-state index contributed by atoms with van der Waals surface area (Å²) < 4.78 is 25.0. The van der Waals surface area contributed by atoms with E-state index in [2.05, 4.69) is 4.98 Å². The molecule has 0 spiro atoms. The van der Waals surface area contributed by atoms with Crippen molar-refractivity contribution in [3.63, 3.8) is 0 Å². The van der Waals surface area contributed by atoms with Crippen LogP contribution in [0.25, 0.3) is 11.5 Å². The van der Waals surface area contributed by atoms with E-state index < -0.39 is 12.1 Å². The molecule has 12 heteroatoms. The Labute approximate surface area is 274 Å². The molecule has 1 saturated carbocycles. The van der Waals surface area contributed by atoms with Gasteiger partial charge in [-0.05, 0) is 75.9 Å². The van der Waals surface area contributed by atoms with Crippen LogP contribution in [0.2, 0.25) is 8.67 Å². The van der Waals surface area contributed by atoms with Gasteiger partial charge in [0.2, 0.25) is 5.89 Å². The molecule has 1 unspecified atom stereocenters. The molecule has 7 nitrogen and oxygen atoms in total. The highest BCUT2D eigenvalue weighted by Gasteiger charge is 2.27. The lowest BCUT2D eigenvalue weighted by Gasteiger charge is -2.29. The van der Waals surface area contributed by atoms with Gasteiger partial charge in [0.05, 0.1) is 46.6 Å². The number of carboxylic acid groups (broad SMARTS) is 1. The van der Waals surface area contributed by atoms with Gasteiger partial charge < -0.3 is 23.7 Å². The molecule has 0 bridgehead atoms. The third-order valence-corrected chi connectivity index (χ3v) is 9.65. The van der Waals surface area contributed by atoms with Crippen molar-refractivity contribution < 1.29 is 28.5 Å². The Balaban J connectivity index is 0.000000458. The van der Waals surface area contributed by atoms with E-state index in [4.69, 9.17) is 53.4 Å². The van der Waals surface area contributed by atoms with E-state index in [1.165, 1.54) is 22.7 Å². The zero-order valence-corrected chi connectivity index (χ0v) is 27.8. The topological polar surface area (TPSA) is 91.0 Å². The van der Waals surface area contributed by atoms with Gasteiger partial charge in [-0.1, -0.05) is 40.9 Å². The van der Waals surface area contributed by atoms with Crippen LogP contribution in [0.15, 0.2) is 52.9 Å². The van der Waals surface area contributed by atoms with Crippen LogP contribution in [0.3, 0.4) is 0 Å². The first kappa shape index (κ1) is 33.9. The zero-order valence-electron chi connectivity index (χ0n) is 23.9. The number of hydrogen-bond acceptors (Lipinski definition) is 8.